The largest absolute Gasteiger partial charge is 0.468 e. The number of hydrogen-bond acceptors (Lipinski definition) is 5. The third-order valence-electron chi connectivity index (χ3n) is 5.98. The highest BCUT2D eigenvalue weighted by Gasteiger charge is 2.26. The van der Waals surface area contributed by atoms with Gasteiger partial charge >= 0.3 is 0 Å². The summed E-state index contributed by atoms with van der Waals surface area (Å²) in [5.41, 5.74) is 1.72. The second-order valence-electron chi connectivity index (χ2n) is 7.97. The lowest BCUT2D eigenvalue weighted by atomic mass is 10.1. The van der Waals surface area contributed by atoms with Crippen LogP contribution in [-0.4, -0.2) is 40.0 Å². The lowest BCUT2D eigenvalue weighted by Gasteiger charge is -2.26. The van der Waals surface area contributed by atoms with Crippen molar-refractivity contribution in [2.24, 2.45) is 0 Å². The van der Waals surface area contributed by atoms with Crippen molar-refractivity contribution >= 4 is 16.8 Å². The Labute approximate surface area is 185 Å². The number of nitrogens with one attached hydrogen (secondary N) is 1. The average Bonchev–Trinajstić information content (AvgIpc) is 3.55. The SMILES string of the molecule is O=C(NCC(c1ccco1)N1CCCC1)c1ccc(-n2cnc3ccccc3c2=O)cc1. The van der Waals surface area contributed by atoms with Crippen molar-refractivity contribution in [1.29, 1.82) is 0 Å². The molecule has 0 saturated carbocycles. The van der Waals surface area contributed by atoms with E-state index in [1.54, 1.807) is 36.6 Å². The van der Waals surface area contributed by atoms with Crippen LogP contribution >= 0.6 is 0 Å². The molecule has 1 aliphatic rings. The van der Waals surface area contributed by atoms with Crippen LogP contribution in [0.3, 0.4) is 0 Å². The number of aromatic nitrogens is 2. The van der Waals surface area contributed by atoms with Crippen LogP contribution in [0.4, 0.5) is 0 Å². The number of hydrogen-bond donors (Lipinski definition) is 1. The van der Waals surface area contributed by atoms with Crippen molar-refractivity contribution in [3.05, 3.63) is 94.9 Å². The molecule has 2 aromatic heterocycles. The Hall–Kier alpha value is -3.71. The van der Waals surface area contributed by atoms with Crippen molar-refractivity contribution < 1.29 is 9.21 Å². The van der Waals surface area contributed by atoms with E-state index in [9.17, 15) is 9.59 Å². The number of carbonyl (C=O) groups excluding carboxylic acids is 1. The fourth-order valence-electron chi connectivity index (χ4n) is 4.26. The number of benzene rings is 2. The molecule has 1 aliphatic heterocycles. The van der Waals surface area contributed by atoms with E-state index in [4.69, 9.17) is 4.42 Å². The highest BCUT2D eigenvalue weighted by molar-refractivity contribution is 5.94. The zero-order valence-corrected chi connectivity index (χ0v) is 17.6. The van der Waals surface area contributed by atoms with Crippen molar-refractivity contribution in [2.45, 2.75) is 18.9 Å². The maximum atomic E-state index is 12.8. The molecule has 1 atom stereocenters. The summed E-state index contributed by atoms with van der Waals surface area (Å²) in [7, 11) is 0. The standard InChI is InChI=1S/C25H24N4O3/c30-24(26-16-22(23-8-5-15-32-23)28-13-3-4-14-28)18-9-11-19(12-10-18)29-17-27-21-7-2-1-6-20(21)25(29)31/h1-2,5-12,15,17,22H,3-4,13-14,16H2,(H,26,30). The van der Waals surface area contributed by atoms with Crippen molar-refractivity contribution in [3.63, 3.8) is 0 Å². The first-order valence-electron chi connectivity index (χ1n) is 10.8. The van der Waals surface area contributed by atoms with Crippen molar-refractivity contribution in [1.82, 2.24) is 19.8 Å². The first kappa shape index (κ1) is 20.2. The van der Waals surface area contributed by atoms with Gasteiger partial charge in [0.25, 0.3) is 11.5 Å². The second-order valence-corrected chi connectivity index (χ2v) is 7.97. The van der Waals surface area contributed by atoms with E-state index >= 15 is 0 Å². The van der Waals surface area contributed by atoms with Crippen LogP contribution in [0.25, 0.3) is 16.6 Å². The van der Waals surface area contributed by atoms with Gasteiger partial charge in [-0.3, -0.25) is 19.1 Å². The van der Waals surface area contributed by atoms with Crippen LogP contribution in [0, 0.1) is 0 Å². The van der Waals surface area contributed by atoms with E-state index in [1.807, 2.05) is 30.3 Å². The lowest BCUT2D eigenvalue weighted by molar-refractivity contribution is 0.0934. The molecule has 3 heterocycles. The number of amides is 1. The Bertz CT molecular complexity index is 1270. The Morgan fingerprint density at radius 1 is 1.03 bits per heavy atom. The Kier molecular flexibility index (Phi) is 5.56. The lowest BCUT2D eigenvalue weighted by Crippen LogP contribution is -2.36. The van der Waals surface area contributed by atoms with Gasteiger partial charge in [-0.05, 0) is 74.5 Å². The van der Waals surface area contributed by atoms with Crippen LogP contribution in [0.15, 0.2) is 82.5 Å². The zero-order chi connectivity index (χ0) is 21.9. The van der Waals surface area contributed by atoms with E-state index < -0.39 is 0 Å². The van der Waals surface area contributed by atoms with Gasteiger partial charge in [0.05, 0.1) is 28.9 Å². The second kappa shape index (κ2) is 8.80. The minimum absolute atomic E-state index is 0.0259. The molecule has 7 heteroatoms. The van der Waals surface area contributed by atoms with Crippen LogP contribution in [0.1, 0.15) is 35.0 Å². The highest BCUT2D eigenvalue weighted by atomic mass is 16.3. The normalized spacial score (nSPS) is 15.1. The highest BCUT2D eigenvalue weighted by Crippen LogP contribution is 2.25. The summed E-state index contributed by atoms with van der Waals surface area (Å²) in [5.74, 6) is 0.710. The molecule has 1 amide bonds. The minimum atomic E-state index is -0.156. The number of para-hydroxylation sites is 1. The predicted octanol–water partition coefficient (Wildman–Crippen LogP) is 3.55. The van der Waals surface area contributed by atoms with E-state index in [1.165, 1.54) is 10.9 Å². The van der Waals surface area contributed by atoms with Gasteiger partial charge in [-0.2, -0.15) is 0 Å². The van der Waals surface area contributed by atoms with Crippen LogP contribution in [0.2, 0.25) is 0 Å². The van der Waals surface area contributed by atoms with Gasteiger partial charge in [-0.15, -0.1) is 0 Å². The topological polar surface area (TPSA) is 80.4 Å². The summed E-state index contributed by atoms with van der Waals surface area (Å²) >= 11 is 0. The molecular formula is C25H24N4O3. The summed E-state index contributed by atoms with van der Waals surface area (Å²) in [5, 5.41) is 3.60. The average molecular weight is 428 g/mol. The third-order valence-corrected chi connectivity index (χ3v) is 5.98. The summed E-state index contributed by atoms with van der Waals surface area (Å²) in [6, 6.07) is 18.1. The predicted molar refractivity (Wildman–Crippen MR) is 122 cm³/mol. The first-order valence-corrected chi connectivity index (χ1v) is 10.8. The van der Waals surface area contributed by atoms with Gasteiger partial charge in [0.15, 0.2) is 0 Å². The van der Waals surface area contributed by atoms with Gasteiger partial charge in [-0.1, -0.05) is 12.1 Å². The van der Waals surface area contributed by atoms with E-state index in [0.717, 1.165) is 31.7 Å². The van der Waals surface area contributed by atoms with Crippen molar-refractivity contribution in [2.75, 3.05) is 19.6 Å². The molecule has 1 fully saturated rings. The molecule has 2 aromatic carbocycles. The minimum Gasteiger partial charge on any atom is -0.468 e. The van der Waals surface area contributed by atoms with Crippen LogP contribution in [0.5, 0.6) is 0 Å². The molecule has 4 aromatic rings. The maximum Gasteiger partial charge on any atom is 0.265 e. The number of carbonyl (C=O) groups is 1. The van der Waals surface area contributed by atoms with E-state index in [2.05, 4.69) is 15.2 Å². The molecule has 0 radical (unpaired) electrons. The molecule has 7 nitrogen and oxygen atoms in total. The van der Waals surface area contributed by atoms with Gasteiger partial charge in [0, 0.05) is 12.1 Å². The molecule has 162 valence electrons. The summed E-state index contributed by atoms with van der Waals surface area (Å²) < 4.78 is 7.11. The first-order chi connectivity index (χ1) is 15.7. The number of nitrogens with zero attached hydrogens (tertiary/aromatic N) is 3. The molecule has 0 aliphatic carbocycles. The molecule has 0 spiro atoms. The molecule has 1 saturated heterocycles. The number of fused-ring (bicyclic) bond motifs is 1. The van der Waals surface area contributed by atoms with Gasteiger partial charge in [0.1, 0.15) is 12.1 Å². The number of furan rings is 1. The Morgan fingerprint density at radius 2 is 1.81 bits per heavy atom. The monoisotopic (exact) mass is 428 g/mol. The molecule has 5 rings (SSSR count). The zero-order valence-electron chi connectivity index (χ0n) is 17.6. The molecule has 32 heavy (non-hydrogen) atoms. The fourth-order valence-corrected chi connectivity index (χ4v) is 4.26. The van der Waals surface area contributed by atoms with Crippen molar-refractivity contribution in [3.8, 4) is 5.69 Å². The Balaban J connectivity index is 1.31. The van der Waals surface area contributed by atoms with Crippen LogP contribution in [-0.2, 0) is 0 Å². The molecule has 1 unspecified atom stereocenters. The molecular weight excluding hydrogens is 404 g/mol. The number of likely N-dealkylation sites (tertiary alicyclic amines) is 1. The van der Waals surface area contributed by atoms with E-state index in [-0.39, 0.29) is 17.5 Å². The Morgan fingerprint density at radius 3 is 2.56 bits per heavy atom. The summed E-state index contributed by atoms with van der Waals surface area (Å²) in [6.07, 6.45) is 5.51. The third kappa shape index (κ3) is 3.94. The number of rotatable bonds is 6. The van der Waals surface area contributed by atoms with Gasteiger partial charge in [0.2, 0.25) is 0 Å². The summed E-state index contributed by atoms with van der Waals surface area (Å²) in [6.45, 7) is 2.48. The molecule has 1 N–H and O–H groups in total. The fraction of sp³-hybridized carbons (Fsp3) is 0.240. The van der Waals surface area contributed by atoms with E-state index in [0.29, 0.717) is 28.7 Å². The van der Waals surface area contributed by atoms with Gasteiger partial charge in [-0.25, -0.2) is 4.98 Å². The molecule has 0 bridgehead atoms. The quantitative estimate of drug-likeness (QED) is 0.508. The van der Waals surface area contributed by atoms with Gasteiger partial charge < -0.3 is 9.73 Å². The summed E-state index contributed by atoms with van der Waals surface area (Å²) in [4.78, 5) is 32.3. The maximum absolute atomic E-state index is 12.8. The van der Waals surface area contributed by atoms with Crippen LogP contribution < -0.4 is 10.9 Å². The smallest absolute Gasteiger partial charge is 0.265 e.